The summed E-state index contributed by atoms with van der Waals surface area (Å²) in [6, 6.07) is 15.6. The lowest BCUT2D eigenvalue weighted by atomic mass is 10.2. The van der Waals surface area contributed by atoms with Crippen LogP contribution in [0.5, 0.6) is 0 Å². The van der Waals surface area contributed by atoms with Crippen molar-refractivity contribution in [3.05, 3.63) is 66.1 Å². The Balaban J connectivity index is 1.66. The highest BCUT2D eigenvalue weighted by atomic mass is 16.5. The summed E-state index contributed by atoms with van der Waals surface area (Å²) in [5.41, 5.74) is 2.43. The zero-order chi connectivity index (χ0) is 16.5. The zero-order valence-corrected chi connectivity index (χ0v) is 13.6. The summed E-state index contributed by atoms with van der Waals surface area (Å²) >= 11 is 0. The van der Waals surface area contributed by atoms with E-state index < -0.39 is 0 Å². The molecule has 0 saturated carbocycles. The Morgan fingerprint density at radius 1 is 1.12 bits per heavy atom. The van der Waals surface area contributed by atoms with E-state index in [1.54, 1.807) is 13.2 Å². The fraction of sp³-hybridized carbons (Fsp3) is 0.263. The molecule has 1 amide bonds. The molecule has 2 aromatic heterocycles. The van der Waals surface area contributed by atoms with Gasteiger partial charge in [-0.2, -0.15) is 0 Å². The van der Waals surface area contributed by atoms with E-state index in [2.05, 4.69) is 9.55 Å². The fourth-order valence-corrected chi connectivity index (χ4v) is 3.21. The third-order valence-corrected chi connectivity index (χ3v) is 4.54. The Kier molecular flexibility index (Phi) is 3.78. The van der Waals surface area contributed by atoms with Gasteiger partial charge in [-0.3, -0.25) is 4.79 Å². The van der Waals surface area contributed by atoms with Crippen LogP contribution in [0.15, 0.2) is 54.7 Å². The first-order chi connectivity index (χ1) is 11.7. The van der Waals surface area contributed by atoms with Gasteiger partial charge < -0.3 is 14.2 Å². The number of hydrogen-bond donors (Lipinski definition) is 0. The minimum absolute atomic E-state index is 0.0249. The number of para-hydroxylation sites is 1. The largest absolute Gasteiger partial charge is 0.378 e. The van der Waals surface area contributed by atoms with Crippen LogP contribution in [0.3, 0.4) is 0 Å². The number of pyridine rings is 1. The molecule has 3 heterocycles. The van der Waals surface area contributed by atoms with Gasteiger partial charge in [0, 0.05) is 30.9 Å². The molecule has 0 spiro atoms. The van der Waals surface area contributed by atoms with E-state index in [1.807, 2.05) is 53.6 Å². The minimum atomic E-state index is -0.0579. The molecule has 1 aromatic carbocycles. The van der Waals surface area contributed by atoms with E-state index in [9.17, 15) is 4.79 Å². The van der Waals surface area contributed by atoms with Crippen molar-refractivity contribution in [1.29, 1.82) is 0 Å². The van der Waals surface area contributed by atoms with E-state index in [-0.39, 0.29) is 12.0 Å². The highest BCUT2D eigenvalue weighted by molar-refractivity contribution is 5.94. The molecule has 0 aliphatic carbocycles. The fourth-order valence-electron chi connectivity index (χ4n) is 3.21. The standard InChI is InChI=1S/C19H19N3O2/c1-24-16-12-21-10-4-6-15(21)11-22(13-16)19(23)18-9-8-14-5-2-3-7-17(14)20-18/h2-10,16H,11-13H2,1H3/t16-/m1/s1. The van der Waals surface area contributed by atoms with Crippen molar-refractivity contribution in [3.63, 3.8) is 0 Å². The molecular weight excluding hydrogens is 302 g/mol. The van der Waals surface area contributed by atoms with Crippen molar-refractivity contribution >= 4 is 16.8 Å². The molecule has 0 fully saturated rings. The van der Waals surface area contributed by atoms with E-state index in [1.165, 1.54) is 0 Å². The Morgan fingerprint density at radius 3 is 2.88 bits per heavy atom. The molecule has 24 heavy (non-hydrogen) atoms. The molecule has 0 bridgehead atoms. The number of methoxy groups -OCH3 is 1. The summed E-state index contributed by atoms with van der Waals surface area (Å²) in [5, 5.41) is 1.04. The molecule has 0 radical (unpaired) electrons. The van der Waals surface area contributed by atoms with Crippen LogP contribution in [0.1, 0.15) is 16.2 Å². The number of aromatic nitrogens is 2. The van der Waals surface area contributed by atoms with E-state index >= 15 is 0 Å². The molecule has 5 heteroatoms. The molecule has 3 aromatic rings. The summed E-state index contributed by atoms with van der Waals surface area (Å²) in [6.07, 6.45) is 2.01. The van der Waals surface area contributed by atoms with Crippen molar-refractivity contribution in [3.8, 4) is 0 Å². The van der Waals surface area contributed by atoms with E-state index in [4.69, 9.17) is 4.74 Å². The molecule has 1 aliphatic rings. The molecule has 1 aliphatic heterocycles. The topological polar surface area (TPSA) is 47.4 Å². The van der Waals surface area contributed by atoms with Crippen LogP contribution < -0.4 is 0 Å². The Labute approximate surface area is 140 Å². The summed E-state index contributed by atoms with van der Waals surface area (Å²) in [4.78, 5) is 19.3. The van der Waals surface area contributed by atoms with E-state index in [0.29, 0.717) is 18.8 Å². The van der Waals surface area contributed by atoms with Crippen LogP contribution >= 0.6 is 0 Å². The number of benzene rings is 1. The van der Waals surface area contributed by atoms with Gasteiger partial charge in [-0.1, -0.05) is 24.3 Å². The number of fused-ring (bicyclic) bond motifs is 2. The SMILES string of the molecule is CO[C@H]1CN(C(=O)c2ccc3ccccc3n2)Cc2cccn2C1. The van der Waals surface area contributed by atoms with Crippen LogP contribution in [0.2, 0.25) is 0 Å². The second kappa shape index (κ2) is 6.09. The number of nitrogens with zero attached hydrogens (tertiary/aromatic N) is 3. The van der Waals surface area contributed by atoms with Crippen LogP contribution in [-0.4, -0.2) is 40.1 Å². The molecular formula is C19H19N3O2. The maximum atomic E-state index is 13.0. The highest BCUT2D eigenvalue weighted by Crippen LogP contribution is 2.18. The third-order valence-electron chi connectivity index (χ3n) is 4.54. The van der Waals surface area contributed by atoms with Gasteiger partial charge in [0.25, 0.3) is 5.91 Å². The van der Waals surface area contributed by atoms with Crippen molar-refractivity contribution in [1.82, 2.24) is 14.5 Å². The van der Waals surface area contributed by atoms with Gasteiger partial charge in [0.2, 0.25) is 0 Å². The van der Waals surface area contributed by atoms with Gasteiger partial charge in [-0.15, -0.1) is 0 Å². The van der Waals surface area contributed by atoms with Crippen molar-refractivity contribution < 1.29 is 9.53 Å². The van der Waals surface area contributed by atoms with Gasteiger partial charge in [0.15, 0.2) is 0 Å². The average Bonchev–Trinajstić information content (AvgIpc) is 2.98. The lowest BCUT2D eigenvalue weighted by molar-refractivity contribution is 0.0455. The number of carbonyl (C=O) groups excluding carboxylic acids is 1. The summed E-state index contributed by atoms with van der Waals surface area (Å²) < 4.78 is 7.70. The minimum Gasteiger partial charge on any atom is -0.378 e. The van der Waals surface area contributed by atoms with Crippen LogP contribution in [-0.2, 0) is 17.8 Å². The summed E-state index contributed by atoms with van der Waals surface area (Å²) in [6.45, 7) is 1.89. The maximum absolute atomic E-state index is 13.0. The average molecular weight is 321 g/mol. The molecule has 5 nitrogen and oxygen atoms in total. The predicted molar refractivity (Wildman–Crippen MR) is 91.7 cm³/mol. The number of ether oxygens (including phenoxy) is 1. The van der Waals surface area contributed by atoms with E-state index in [0.717, 1.165) is 23.1 Å². The van der Waals surface area contributed by atoms with Crippen LogP contribution in [0.4, 0.5) is 0 Å². The van der Waals surface area contributed by atoms with Crippen molar-refractivity contribution in [2.24, 2.45) is 0 Å². The lowest BCUT2D eigenvalue weighted by Gasteiger charge is -2.23. The smallest absolute Gasteiger partial charge is 0.272 e. The maximum Gasteiger partial charge on any atom is 0.272 e. The van der Waals surface area contributed by atoms with Gasteiger partial charge in [-0.25, -0.2) is 4.98 Å². The van der Waals surface area contributed by atoms with Crippen molar-refractivity contribution in [2.45, 2.75) is 19.2 Å². The lowest BCUT2D eigenvalue weighted by Crippen LogP contribution is -2.37. The quantitative estimate of drug-likeness (QED) is 0.729. The molecule has 0 N–H and O–H groups in total. The first kappa shape index (κ1) is 14.9. The normalized spacial score (nSPS) is 17.5. The molecule has 122 valence electrons. The zero-order valence-electron chi connectivity index (χ0n) is 13.6. The molecule has 0 saturated heterocycles. The van der Waals surface area contributed by atoms with Gasteiger partial charge in [0.1, 0.15) is 5.69 Å². The Morgan fingerprint density at radius 2 is 2.00 bits per heavy atom. The molecule has 4 rings (SSSR count). The number of amides is 1. The van der Waals surface area contributed by atoms with Gasteiger partial charge >= 0.3 is 0 Å². The first-order valence-electron chi connectivity index (χ1n) is 8.06. The second-order valence-electron chi connectivity index (χ2n) is 6.08. The molecule has 0 unspecified atom stereocenters. The monoisotopic (exact) mass is 321 g/mol. The predicted octanol–water partition coefficient (Wildman–Crippen LogP) is 2.71. The second-order valence-corrected chi connectivity index (χ2v) is 6.08. The van der Waals surface area contributed by atoms with Crippen LogP contribution in [0.25, 0.3) is 10.9 Å². The number of carbonyl (C=O) groups is 1. The number of rotatable bonds is 2. The van der Waals surface area contributed by atoms with Crippen molar-refractivity contribution in [2.75, 3.05) is 13.7 Å². The summed E-state index contributed by atoms with van der Waals surface area (Å²) in [7, 11) is 1.69. The Bertz CT molecular complexity index is 887. The first-order valence-corrected chi connectivity index (χ1v) is 8.06. The van der Waals surface area contributed by atoms with Gasteiger partial charge in [0.05, 0.1) is 24.7 Å². The Hall–Kier alpha value is -2.66. The highest BCUT2D eigenvalue weighted by Gasteiger charge is 2.26. The van der Waals surface area contributed by atoms with Gasteiger partial charge in [-0.05, 0) is 24.3 Å². The summed E-state index contributed by atoms with van der Waals surface area (Å²) in [5.74, 6) is -0.0579. The third kappa shape index (κ3) is 2.67. The molecule has 1 atom stereocenters. The van der Waals surface area contributed by atoms with Crippen LogP contribution in [0, 0.1) is 0 Å². The number of hydrogen-bond acceptors (Lipinski definition) is 3.